The van der Waals surface area contributed by atoms with Crippen LogP contribution < -0.4 is 5.73 Å². The van der Waals surface area contributed by atoms with Gasteiger partial charge < -0.3 is 10.8 Å². The van der Waals surface area contributed by atoms with Crippen molar-refractivity contribution in [2.45, 2.75) is 6.42 Å². The van der Waals surface area contributed by atoms with Gasteiger partial charge in [-0.05, 0) is 24.1 Å². The fourth-order valence-electron chi connectivity index (χ4n) is 1.19. The van der Waals surface area contributed by atoms with Crippen molar-refractivity contribution in [1.82, 2.24) is 0 Å². The average Bonchev–Trinajstić information content (AvgIpc) is 2.16. The van der Waals surface area contributed by atoms with E-state index in [1.54, 1.807) is 24.3 Å². The number of phenols is 1. The number of carbonyl (C=O) groups excluding carboxylic acids is 1. The zero-order chi connectivity index (χ0) is 10.6. The summed E-state index contributed by atoms with van der Waals surface area (Å²) in [4.78, 5) is 10.9. The molecule has 1 aromatic rings. The zero-order valence-corrected chi connectivity index (χ0v) is 7.81. The summed E-state index contributed by atoms with van der Waals surface area (Å²) in [5.41, 5.74) is 6.12. The molecule has 1 aromatic carbocycles. The molecular weight excluding hydrogens is 178 g/mol. The van der Waals surface area contributed by atoms with Crippen LogP contribution in [0.4, 0.5) is 0 Å². The van der Waals surface area contributed by atoms with Gasteiger partial charge in [0.1, 0.15) is 5.75 Å². The van der Waals surface area contributed by atoms with Gasteiger partial charge in [0.05, 0.1) is 5.92 Å². The number of phenolic OH excluding ortho intramolecular Hbond substituents is 1. The number of benzene rings is 1. The molecule has 0 aliphatic carbocycles. The van der Waals surface area contributed by atoms with Crippen LogP contribution >= 0.6 is 0 Å². The Morgan fingerprint density at radius 1 is 1.50 bits per heavy atom. The first-order valence-electron chi connectivity index (χ1n) is 4.33. The van der Waals surface area contributed by atoms with Gasteiger partial charge in [0.15, 0.2) is 0 Å². The Morgan fingerprint density at radius 2 is 2.07 bits per heavy atom. The second-order valence-corrected chi connectivity index (χ2v) is 3.12. The summed E-state index contributed by atoms with van der Waals surface area (Å²) in [6, 6.07) is 6.68. The van der Waals surface area contributed by atoms with Crippen LogP contribution in [-0.2, 0) is 11.2 Å². The molecule has 0 saturated carbocycles. The largest absolute Gasteiger partial charge is 0.508 e. The van der Waals surface area contributed by atoms with E-state index < -0.39 is 0 Å². The second-order valence-electron chi connectivity index (χ2n) is 3.12. The molecule has 3 nitrogen and oxygen atoms in total. The predicted molar refractivity (Wildman–Crippen MR) is 54.7 cm³/mol. The Kier molecular flexibility index (Phi) is 3.29. The monoisotopic (exact) mass is 191 g/mol. The molecule has 0 aromatic heterocycles. The summed E-state index contributed by atoms with van der Waals surface area (Å²) < 4.78 is 0. The molecule has 3 N–H and O–H groups in total. The standard InChI is InChI=1S/C11H13NO2/c1-2-9(11(12)14)7-8-3-5-10(13)6-4-8/h2-6,9,13H,1,7H2,(H2,12,14). The van der Waals surface area contributed by atoms with Crippen molar-refractivity contribution >= 4 is 5.91 Å². The van der Waals surface area contributed by atoms with Gasteiger partial charge in [0.2, 0.25) is 5.91 Å². The van der Waals surface area contributed by atoms with Crippen LogP contribution in [0.3, 0.4) is 0 Å². The lowest BCUT2D eigenvalue weighted by Crippen LogP contribution is -2.23. The van der Waals surface area contributed by atoms with Crippen molar-refractivity contribution in [3.05, 3.63) is 42.5 Å². The number of rotatable bonds is 4. The normalized spacial score (nSPS) is 12.0. The maximum absolute atomic E-state index is 10.9. The van der Waals surface area contributed by atoms with Crippen LogP contribution in [0.2, 0.25) is 0 Å². The lowest BCUT2D eigenvalue weighted by Gasteiger charge is -2.07. The molecule has 3 heteroatoms. The molecule has 0 radical (unpaired) electrons. The maximum Gasteiger partial charge on any atom is 0.224 e. The van der Waals surface area contributed by atoms with E-state index >= 15 is 0 Å². The van der Waals surface area contributed by atoms with Crippen LogP contribution in [0.1, 0.15) is 5.56 Å². The molecule has 1 atom stereocenters. The van der Waals surface area contributed by atoms with Crippen molar-refractivity contribution in [3.8, 4) is 5.75 Å². The number of carbonyl (C=O) groups is 1. The molecule has 0 aliphatic rings. The summed E-state index contributed by atoms with van der Waals surface area (Å²) >= 11 is 0. The van der Waals surface area contributed by atoms with E-state index in [2.05, 4.69) is 6.58 Å². The third kappa shape index (κ3) is 2.62. The van der Waals surface area contributed by atoms with Crippen molar-refractivity contribution in [1.29, 1.82) is 0 Å². The van der Waals surface area contributed by atoms with Gasteiger partial charge in [-0.3, -0.25) is 4.79 Å². The summed E-state index contributed by atoms with van der Waals surface area (Å²) in [5, 5.41) is 9.05. The smallest absolute Gasteiger partial charge is 0.224 e. The summed E-state index contributed by atoms with van der Waals surface area (Å²) in [7, 11) is 0. The summed E-state index contributed by atoms with van der Waals surface area (Å²) in [6.45, 7) is 3.55. The average molecular weight is 191 g/mol. The van der Waals surface area contributed by atoms with E-state index in [0.717, 1.165) is 5.56 Å². The molecule has 0 fully saturated rings. The molecule has 14 heavy (non-hydrogen) atoms. The SMILES string of the molecule is C=CC(Cc1ccc(O)cc1)C(N)=O. The number of aromatic hydroxyl groups is 1. The number of hydrogen-bond acceptors (Lipinski definition) is 2. The Bertz CT molecular complexity index is 330. The van der Waals surface area contributed by atoms with E-state index in [0.29, 0.717) is 6.42 Å². The highest BCUT2D eigenvalue weighted by atomic mass is 16.3. The zero-order valence-electron chi connectivity index (χ0n) is 7.81. The van der Waals surface area contributed by atoms with Gasteiger partial charge in [-0.2, -0.15) is 0 Å². The van der Waals surface area contributed by atoms with Gasteiger partial charge in [-0.25, -0.2) is 0 Å². The van der Waals surface area contributed by atoms with Crippen molar-refractivity contribution in [2.24, 2.45) is 11.7 Å². The molecule has 0 heterocycles. The number of nitrogens with two attached hydrogens (primary N) is 1. The van der Waals surface area contributed by atoms with Gasteiger partial charge in [-0.1, -0.05) is 18.2 Å². The Hall–Kier alpha value is -1.77. The van der Waals surface area contributed by atoms with E-state index in [1.165, 1.54) is 6.08 Å². The van der Waals surface area contributed by atoms with Crippen LogP contribution in [-0.4, -0.2) is 11.0 Å². The minimum absolute atomic E-state index is 0.211. The van der Waals surface area contributed by atoms with Crippen LogP contribution in [0.25, 0.3) is 0 Å². The third-order valence-corrected chi connectivity index (χ3v) is 2.04. The Balaban J connectivity index is 2.72. The van der Waals surface area contributed by atoms with Crippen LogP contribution in [0, 0.1) is 5.92 Å². The van der Waals surface area contributed by atoms with Crippen molar-refractivity contribution in [2.75, 3.05) is 0 Å². The minimum atomic E-state index is -0.381. The first kappa shape index (κ1) is 10.3. The first-order chi connectivity index (χ1) is 6.63. The highest BCUT2D eigenvalue weighted by molar-refractivity contribution is 5.78. The fourth-order valence-corrected chi connectivity index (χ4v) is 1.19. The predicted octanol–water partition coefficient (Wildman–Crippen LogP) is 1.22. The number of primary amides is 1. The van der Waals surface area contributed by atoms with Crippen molar-refractivity contribution in [3.63, 3.8) is 0 Å². The molecular formula is C11H13NO2. The Morgan fingerprint density at radius 3 is 2.50 bits per heavy atom. The van der Waals surface area contributed by atoms with Gasteiger partial charge in [0.25, 0.3) is 0 Å². The second kappa shape index (κ2) is 4.46. The fraction of sp³-hybridized carbons (Fsp3) is 0.182. The summed E-state index contributed by atoms with van der Waals surface area (Å²) in [5.74, 6) is -0.518. The van der Waals surface area contributed by atoms with E-state index in [9.17, 15) is 4.79 Å². The van der Waals surface area contributed by atoms with Crippen LogP contribution in [0.15, 0.2) is 36.9 Å². The molecule has 1 unspecified atom stereocenters. The molecule has 0 aliphatic heterocycles. The van der Waals surface area contributed by atoms with E-state index in [-0.39, 0.29) is 17.6 Å². The highest BCUT2D eigenvalue weighted by Gasteiger charge is 2.11. The minimum Gasteiger partial charge on any atom is -0.508 e. The lowest BCUT2D eigenvalue weighted by atomic mass is 9.99. The van der Waals surface area contributed by atoms with Gasteiger partial charge >= 0.3 is 0 Å². The van der Waals surface area contributed by atoms with Crippen molar-refractivity contribution < 1.29 is 9.90 Å². The maximum atomic E-state index is 10.9. The Labute approximate surface area is 82.9 Å². The van der Waals surface area contributed by atoms with E-state index in [1.807, 2.05) is 0 Å². The number of hydrogen-bond donors (Lipinski definition) is 2. The first-order valence-corrected chi connectivity index (χ1v) is 4.33. The highest BCUT2D eigenvalue weighted by Crippen LogP contribution is 2.13. The molecule has 1 rings (SSSR count). The summed E-state index contributed by atoms with van der Waals surface area (Å²) in [6.07, 6.45) is 2.06. The molecule has 74 valence electrons. The quantitative estimate of drug-likeness (QED) is 0.703. The number of amides is 1. The van der Waals surface area contributed by atoms with Crippen LogP contribution in [0.5, 0.6) is 5.75 Å². The van der Waals surface area contributed by atoms with Gasteiger partial charge in [-0.15, -0.1) is 6.58 Å². The lowest BCUT2D eigenvalue weighted by molar-refractivity contribution is -0.120. The molecule has 0 saturated heterocycles. The molecule has 1 amide bonds. The molecule has 0 bridgehead atoms. The molecule has 0 spiro atoms. The third-order valence-electron chi connectivity index (χ3n) is 2.04. The topological polar surface area (TPSA) is 63.3 Å². The van der Waals surface area contributed by atoms with Gasteiger partial charge in [0, 0.05) is 0 Å². The van der Waals surface area contributed by atoms with E-state index in [4.69, 9.17) is 10.8 Å².